The molecule has 2 unspecified atom stereocenters. The van der Waals surface area contributed by atoms with Gasteiger partial charge in [0.05, 0.1) is 5.92 Å². The lowest BCUT2D eigenvalue weighted by Crippen LogP contribution is -2.23. The molecule has 3 heteroatoms. The van der Waals surface area contributed by atoms with Gasteiger partial charge in [0.1, 0.15) is 0 Å². The van der Waals surface area contributed by atoms with E-state index in [2.05, 4.69) is 36.9 Å². The molecule has 1 aliphatic heterocycles. The highest BCUT2D eigenvalue weighted by atomic mass is 16.4. The predicted octanol–water partition coefficient (Wildman–Crippen LogP) is 2.46. The molecule has 1 heterocycles. The molecule has 98 valence electrons. The average molecular weight is 247 g/mol. The number of carboxylic acids is 1. The molecule has 0 aromatic heterocycles. The lowest BCUT2D eigenvalue weighted by Gasteiger charge is -2.17. The van der Waals surface area contributed by atoms with E-state index in [4.69, 9.17) is 5.11 Å². The van der Waals surface area contributed by atoms with E-state index in [1.165, 1.54) is 16.7 Å². The van der Waals surface area contributed by atoms with Crippen LogP contribution in [-0.4, -0.2) is 29.1 Å². The fourth-order valence-corrected chi connectivity index (χ4v) is 2.73. The summed E-state index contributed by atoms with van der Waals surface area (Å²) in [6.45, 7) is 8.65. The molecule has 0 aliphatic carbocycles. The van der Waals surface area contributed by atoms with Crippen molar-refractivity contribution >= 4 is 5.97 Å². The first-order chi connectivity index (χ1) is 8.47. The van der Waals surface area contributed by atoms with Crippen LogP contribution in [0.4, 0.5) is 0 Å². The van der Waals surface area contributed by atoms with Gasteiger partial charge < -0.3 is 5.11 Å². The minimum absolute atomic E-state index is 0.213. The van der Waals surface area contributed by atoms with Crippen LogP contribution in [0.3, 0.4) is 0 Å². The maximum Gasteiger partial charge on any atom is 0.308 e. The molecule has 1 aromatic carbocycles. The zero-order chi connectivity index (χ0) is 13.3. The Morgan fingerprint density at radius 3 is 2.72 bits per heavy atom. The first kappa shape index (κ1) is 13.1. The van der Waals surface area contributed by atoms with Gasteiger partial charge in [0, 0.05) is 19.6 Å². The molecule has 3 nitrogen and oxygen atoms in total. The molecule has 0 amide bonds. The number of nitrogens with zero attached hydrogens (tertiary/aromatic N) is 1. The van der Waals surface area contributed by atoms with Crippen LogP contribution in [0.15, 0.2) is 18.2 Å². The van der Waals surface area contributed by atoms with Crippen molar-refractivity contribution in [3.8, 4) is 0 Å². The third-order valence-corrected chi connectivity index (χ3v) is 3.90. The SMILES string of the molecule is Cc1ccc(C)c(CN2CC(C)C(C(=O)O)C2)c1. The number of aliphatic carboxylic acids is 1. The maximum absolute atomic E-state index is 11.1. The largest absolute Gasteiger partial charge is 0.481 e. The van der Waals surface area contributed by atoms with E-state index in [1.807, 2.05) is 6.92 Å². The van der Waals surface area contributed by atoms with Crippen LogP contribution in [0, 0.1) is 25.7 Å². The first-order valence-electron chi connectivity index (χ1n) is 6.48. The van der Waals surface area contributed by atoms with Crippen molar-refractivity contribution in [1.82, 2.24) is 4.90 Å². The highest BCUT2D eigenvalue weighted by Crippen LogP contribution is 2.25. The number of hydrogen-bond acceptors (Lipinski definition) is 2. The summed E-state index contributed by atoms with van der Waals surface area (Å²) in [5.74, 6) is -0.631. The van der Waals surface area contributed by atoms with Crippen molar-refractivity contribution in [3.05, 3.63) is 34.9 Å². The van der Waals surface area contributed by atoms with Crippen molar-refractivity contribution in [2.45, 2.75) is 27.3 Å². The molecule has 2 atom stereocenters. The molecule has 18 heavy (non-hydrogen) atoms. The molecule has 0 saturated carbocycles. The molecule has 1 aliphatic rings. The maximum atomic E-state index is 11.1. The lowest BCUT2D eigenvalue weighted by molar-refractivity contribution is -0.142. The highest BCUT2D eigenvalue weighted by Gasteiger charge is 2.34. The number of hydrogen-bond donors (Lipinski definition) is 1. The summed E-state index contributed by atoms with van der Waals surface area (Å²) < 4.78 is 0. The number of likely N-dealkylation sites (tertiary alicyclic amines) is 1. The lowest BCUT2D eigenvalue weighted by atomic mass is 9.99. The fourth-order valence-electron chi connectivity index (χ4n) is 2.73. The van der Waals surface area contributed by atoms with Gasteiger partial charge in [-0.2, -0.15) is 0 Å². The summed E-state index contributed by atoms with van der Waals surface area (Å²) in [6.07, 6.45) is 0. The van der Waals surface area contributed by atoms with Crippen LogP contribution >= 0.6 is 0 Å². The third kappa shape index (κ3) is 2.72. The molecule has 2 rings (SSSR count). The molecule has 1 N–H and O–H groups in total. The Kier molecular flexibility index (Phi) is 3.71. The Bertz CT molecular complexity index is 456. The van der Waals surface area contributed by atoms with Crippen molar-refractivity contribution in [2.75, 3.05) is 13.1 Å². The Morgan fingerprint density at radius 1 is 1.39 bits per heavy atom. The fraction of sp³-hybridized carbons (Fsp3) is 0.533. The van der Waals surface area contributed by atoms with Crippen LogP contribution in [0.25, 0.3) is 0 Å². The summed E-state index contributed by atoms with van der Waals surface area (Å²) in [5, 5.41) is 9.14. The van der Waals surface area contributed by atoms with E-state index >= 15 is 0 Å². The standard InChI is InChI=1S/C15H21NO2/c1-10-4-5-11(2)13(6-10)8-16-7-12(3)14(9-16)15(17)18/h4-6,12,14H,7-9H2,1-3H3,(H,17,18). The minimum Gasteiger partial charge on any atom is -0.481 e. The minimum atomic E-state index is -0.661. The van der Waals surface area contributed by atoms with Crippen LogP contribution in [-0.2, 0) is 11.3 Å². The van der Waals surface area contributed by atoms with Gasteiger partial charge in [-0.05, 0) is 30.9 Å². The van der Waals surface area contributed by atoms with Crippen LogP contribution < -0.4 is 0 Å². The zero-order valence-corrected chi connectivity index (χ0v) is 11.3. The van der Waals surface area contributed by atoms with Crippen molar-refractivity contribution in [3.63, 3.8) is 0 Å². The van der Waals surface area contributed by atoms with Gasteiger partial charge in [0.15, 0.2) is 0 Å². The Labute approximate surface area is 108 Å². The summed E-state index contributed by atoms with van der Waals surface area (Å²) in [5.41, 5.74) is 3.86. The molecule has 1 saturated heterocycles. The van der Waals surface area contributed by atoms with E-state index in [-0.39, 0.29) is 11.8 Å². The van der Waals surface area contributed by atoms with Crippen molar-refractivity contribution < 1.29 is 9.90 Å². The van der Waals surface area contributed by atoms with E-state index in [9.17, 15) is 4.79 Å². The second-order valence-electron chi connectivity index (χ2n) is 5.55. The van der Waals surface area contributed by atoms with Gasteiger partial charge in [-0.1, -0.05) is 30.7 Å². The molecule has 1 fully saturated rings. The summed E-state index contributed by atoms with van der Waals surface area (Å²) >= 11 is 0. The van der Waals surface area contributed by atoms with Crippen LogP contribution in [0.5, 0.6) is 0 Å². The monoisotopic (exact) mass is 247 g/mol. The number of aryl methyl sites for hydroxylation is 2. The molecular formula is C15H21NO2. The van der Waals surface area contributed by atoms with Gasteiger partial charge >= 0.3 is 5.97 Å². The van der Waals surface area contributed by atoms with Crippen molar-refractivity contribution in [2.24, 2.45) is 11.8 Å². The van der Waals surface area contributed by atoms with E-state index in [0.717, 1.165) is 13.1 Å². The van der Waals surface area contributed by atoms with Gasteiger partial charge in [0.25, 0.3) is 0 Å². The van der Waals surface area contributed by atoms with Gasteiger partial charge in [-0.3, -0.25) is 9.69 Å². The quantitative estimate of drug-likeness (QED) is 0.892. The Balaban J connectivity index is 2.07. The van der Waals surface area contributed by atoms with Gasteiger partial charge in [-0.15, -0.1) is 0 Å². The Morgan fingerprint density at radius 2 is 2.11 bits per heavy atom. The van der Waals surface area contributed by atoms with Crippen LogP contribution in [0.2, 0.25) is 0 Å². The van der Waals surface area contributed by atoms with E-state index in [0.29, 0.717) is 6.54 Å². The Hall–Kier alpha value is -1.35. The first-order valence-corrected chi connectivity index (χ1v) is 6.48. The van der Waals surface area contributed by atoms with Crippen LogP contribution in [0.1, 0.15) is 23.6 Å². The summed E-state index contributed by atoms with van der Waals surface area (Å²) in [7, 11) is 0. The number of carboxylic acid groups (broad SMARTS) is 1. The molecule has 1 aromatic rings. The molecule has 0 bridgehead atoms. The van der Waals surface area contributed by atoms with E-state index < -0.39 is 5.97 Å². The second kappa shape index (κ2) is 5.11. The third-order valence-electron chi connectivity index (χ3n) is 3.90. The number of carbonyl (C=O) groups is 1. The normalized spacial score (nSPS) is 24.4. The summed E-state index contributed by atoms with van der Waals surface area (Å²) in [4.78, 5) is 13.4. The van der Waals surface area contributed by atoms with Gasteiger partial charge in [0.2, 0.25) is 0 Å². The smallest absolute Gasteiger partial charge is 0.308 e. The highest BCUT2D eigenvalue weighted by molar-refractivity contribution is 5.71. The molecular weight excluding hydrogens is 226 g/mol. The van der Waals surface area contributed by atoms with Gasteiger partial charge in [-0.25, -0.2) is 0 Å². The second-order valence-corrected chi connectivity index (χ2v) is 5.55. The zero-order valence-electron chi connectivity index (χ0n) is 11.3. The topological polar surface area (TPSA) is 40.5 Å². The average Bonchev–Trinajstić information content (AvgIpc) is 2.65. The molecule has 0 radical (unpaired) electrons. The van der Waals surface area contributed by atoms with E-state index in [1.54, 1.807) is 0 Å². The van der Waals surface area contributed by atoms with Crippen molar-refractivity contribution in [1.29, 1.82) is 0 Å². The number of rotatable bonds is 3. The molecule has 0 spiro atoms. The predicted molar refractivity (Wildman–Crippen MR) is 71.5 cm³/mol. The number of benzene rings is 1. The summed E-state index contributed by atoms with van der Waals surface area (Å²) in [6, 6.07) is 6.46.